The van der Waals surface area contributed by atoms with Gasteiger partial charge in [0.05, 0.1) is 10.2 Å². The van der Waals surface area contributed by atoms with E-state index in [0.29, 0.717) is 5.56 Å². The topological polar surface area (TPSA) is 71.7 Å². The van der Waals surface area contributed by atoms with Crippen molar-refractivity contribution in [1.82, 2.24) is 4.57 Å². The third-order valence-corrected chi connectivity index (χ3v) is 5.21. The van der Waals surface area contributed by atoms with Crippen molar-refractivity contribution in [2.75, 3.05) is 0 Å². The predicted molar refractivity (Wildman–Crippen MR) is 97.8 cm³/mol. The number of halogens is 2. The minimum absolute atomic E-state index is 0.00863. The van der Waals surface area contributed by atoms with Crippen LogP contribution in [0.1, 0.15) is 35.3 Å². The molecule has 8 heteroatoms. The number of carbonyl (C=O) groups is 2. The van der Waals surface area contributed by atoms with E-state index in [1.165, 1.54) is 4.57 Å². The molecule has 1 aromatic heterocycles. The van der Waals surface area contributed by atoms with Crippen LogP contribution in [0.4, 0.5) is 8.78 Å². The molecule has 0 aliphatic rings. The second-order valence-corrected chi connectivity index (χ2v) is 7.01. The van der Waals surface area contributed by atoms with Crippen molar-refractivity contribution in [3.05, 3.63) is 64.0 Å². The second kappa shape index (κ2) is 7.40. The van der Waals surface area contributed by atoms with E-state index in [1.54, 1.807) is 31.2 Å². The Labute approximate surface area is 157 Å². The molecule has 3 aromatic rings. The molecule has 2 aromatic carbocycles. The minimum Gasteiger partial charge on any atom is -0.480 e. The monoisotopic (exact) mass is 390 g/mol. The maximum Gasteiger partial charge on any atom is 0.326 e. The molecule has 140 valence electrons. The summed E-state index contributed by atoms with van der Waals surface area (Å²) in [6.45, 7) is 3.51. The maximum absolute atomic E-state index is 14.2. The lowest BCUT2D eigenvalue weighted by Gasteiger charge is -2.13. The lowest BCUT2D eigenvalue weighted by molar-refractivity contribution is -0.140. The number of nitrogens with zero attached hydrogens (tertiary/aromatic N) is 2. The van der Waals surface area contributed by atoms with Crippen molar-refractivity contribution in [2.24, 2.45) is 4.99 Å². The molecule has 1 heterocycles. The van der Waals surface area contributed by atoms with Crippen LogP contribution in [0.3, 0.4) is 0 Å². The third kappa shape index (κ3) is 3.66. The van der Waals surface area contributed by atoms with Crippen LogP contribution in [0.15, 0.2) is 41.4 Å². The van der Waals surface area contributed by atoms with Gasteiger partial charge in [-0.2, -0.15) is 4.99 Å². The molecule has 0 saturated heterocycles. The summed E-state index contributed by atoms with van der Waals surface area (Å²) >= 11 is 0.817. The molecule has 0 spiro atoms. The molecule has 1 atom stereocenters. The lowest BCUT2D eigenvalue weighted by atomic mass is 10.1. The molecule has 1 N–H and O–H groups in total. The van der Waals surface area contributed by atoms with E-state index in [2.05, 4.69) is 4.99 Å². The van der Waals surface area contributed by atoms with E-state index in [0.717, 1.165) is 29.0 Å². The minimum atomic E-state index is -1.17. The number of rotatable bonds is 4. The zero-order valence-corrected chi connectivity index (χ0v) is 15.4. The third-order valence-electron chi connectivity index (χ3n) is 4.13. The fourth-order valence-corrected chi connectivity index (χ4v) is 3.82. The molecule has 0 bridgehead atoms. The summed E-state index contributed by atoms with van der Waals surface area (Å²) in [5, 5.41) is 9.52. The van der Waals surface area contributed by atoms with Gasteiger partial charge in [-0.05, 0) is 31.5 Å². The number of amides is 1. The number of thiazole rings is 1. The fourth-order valence-electron chi connectivity index (χ4n) is 2.76. The molecule has 0 aliphatic carbocycles. The molecular formula is C19H16F2N2O3S. The van der Waals surface area contributed by atoms with Gasteiger partial charge >= 0.3 is 5.97 Å². The number of aromatic nitrogens is 1. The van der Waals surface area contributed by atoms with Gasteiger partial charge in [0.1, 0.15) is 17.7 Å². The van der Waals surface area contributed by atoms with E-state index >= 15 is 0 Å². The van der Waals surface area contributed by atoms with Crippen LogP contribution in [0.5, 0.6) is 0 Å². The van der Waals surface area contributed by atoms with Gasteiger partial charge in [0.2, 0.25) is 0 Å². The van der Waals surface area contributed by atoms with Crippen LogP contribution >= 0.6 is 11.3 Å². The molecule has 0 fully saturated rings. The number of hydrogen-bond donors (Lipinski definition) is 1. The molecular weight excluding hydrogens is 374 g/mol. The number of hydrogen-bond acceptors (Lipinski definition) is 3. The van der Waals surface area contributed by atoms with Crippen molar-refractivity contribution in [2.45, 2.75) is 26.3 Å². The van der Waals surface area contributed by atoms with Crippen molar-refractivity contribution in [3.8, 4) is 0 Å². The molecule has 1 amide bonds. The Bertz CT molecular complexity index is 1100. The average molecular weight is 390 g/mol. The van der Waals surface area contributed by atoms with E-state index in [1.807, 2.05) is 6.92 Å². The SMILES string of the molecule is CCC(C(=O)O)n1/c(=N/C(=O)c2ccc(C)cc2)sc2c(F)cc(F)cc21. The van der Waals surface area contributed by atoms with Crippen LogP contribution in [0.25, 0.3) is 10.2 Å². The van der Waals surface area contributed by atoms with Crippen molar-refractivity contribution < 1.29 is 23.5 Å². The number of benzene rings is 2. The summed E-state index contributed by atoms with van der Waals surface area (Å²) in [4.78, 5) is 28.2. The summed E-state index contributed by atoms with van der Waals surface area (Å²) in [6, 6.07) is 7.38. The number of fused-ring (bicyclic) bond motifs is 1. The predicted octanol–water partition coefficient (Wildman–Crippen LogP) is 4.07. The van der Waals surface area contributed by atoms with E-state index in [4.69, 9.17) is 0 Å². The highest BCUT2D eigenvalue weighted by Gasteiger charge is 2.24. The molecule has 3 rings (SSSR count). The van der Waals surface area contributed by atoms with Crippen LogP contribution in [0.2, 0.25) is 0 Å². The summed E-state index contributed by atoms with van der Waals surface area (Å²) in [5.74, 6) is -3.42. The largest absolute Gasteiger partial charge is 0.480 e. The number of aryl methyl sites for hydroxylation is 1. The average Bonchev–Trinajstić information content (AvgIpc) is 2.94. The summed E-state index contributed by atoms with van der Waals surface area (Å²) in [5.41, 5.74) is 1.35. The molecule has 0 radical (unpaired) electrons. The first-order valence-corrected chi connectivity index (χ1v) is 9.02. The maximum atomic E-state index is 14.2. The van der Waals surface area contributed by atoms with Gasteiger partial charge in [0.15, 0.2) is 4.80 Å². The normalized spacial score (nSPS) is 13.1. The number of aliphatic carboxylic acids is 1. The Morgan fingerprint density at radius 3 is 2.48 bits per heavy atom. The van der Waals surface area contributed by atoms with Crippen LogP contribution in [-0.4, -0.2) is 21.6 Å². The summed E-state index contributed by atoms with van der Waals surface area (Å²) in [7, 11) is 0. The highest BCUT2D eigenvalue weighted by atomic mass is 32.1. The van der Waals surface area contributed by atoms with Gasteiger partial charge in [0, 0.05) is 11.6 Å². The zero-order valence-electron chi connectivity index (χ0n) is 14.6. The standard InChI is InChI=1S/C19H16F2N2O3S/c1-3-14(18(25)26)23-15-9-12(20)8-13(21)16(15)27-19(23)22-17(24)11-6-4-10(2)5-7-11/h4-9,14H,3H2,1-2H3,(H,25,26)/b22-19-. The quantitative estimate of drug-likeness (QED) is 0.730. The van der Waals surface area contributed by atoms with Crippen LogP contribution in [0, 0.1) is 18.6 Å². The number of carboxylic acid groups (broad SMARTS) is 1. The molecule has 0 saturated carbocycles. The first-order chi connectivity index (χ1) is 12.8. The number of carbonyl (C=O) groups excluding carboxylic acids is 1. The zero-order chi connectivity index (χ0) is 19.7. The van der Waals surface area contributed by atoms with Gasteiger partial charge in [0.25, 0.3) is 5.91 Å². The lowest BCUT2D eigenvalue weighted by Crippen LogP contribution is -2.27. The highest BCUT2D eigenvalue weighted by molar-refractivity contribution is 7.16. The molecule has 5 nitrogen and oxygen atoms in total. The van der Waals surface area contributed by atoms with Gasteiger partial charge < -0.3 is 9.67 Å². The van der Waals surface area contributed by atoms with Crippen LogP contribution < -0.4 is 4.80 Å². The highest BCUT2D eigenvalue weighted by Crippen LogP contribution is 2.26. The molecule has 0 aliphatic heterocycles. The van der Waals surface area contributed by atoms with Crippen molar-refractivity contribution in [1.29, 1.82) is 0 Å². The Balaban J connectivity index is 2.28. The summed E-state index contributed by atoms with van der Waals surface area (Å²) in [6.07, 6.45) is 0.158. The van der Waals surface area contributed by atoms with E-state index in [-0.39, 0.29) is 21.4 Å². The second-order valence-electron chi connectivity index (χ2n) is 6.04. The van der Waals surface area contributed by atoms with Crippen molar-refractivity contribution in [3.63, 3.8) is 0 Å². The van der Waals surface area contributed by atoms with Crippen LogP contribution in [-0.2, 0) is 4.79 Å². The van der Waals surface area contributed by atoms with Gasteiger partial charge in [-0.1, -0.05) is 36.0 Å². The van der Waals surface area contributed by atoms with Crippen molar-refractivity contribution >= 4 is 33.4 Å². The van der Waals surface area contributed by atoms with Gasteiger partial charge in [-0.3, -0.25) is 4.79 Å². The molecule has 1 unspecified atom stereocenters. The van der Waals surface area contributed by atoms with E-state index in [9.17, 15) is 23.5 Å². The fraction of sp³-hybridized carbons (Fsp3) is 0.211. The first-order valence-electron chi connectivity index (χ1n) is 8.20. The Hall–Kier alpha value is -2.87. The Morgan fingerprint density at radius 1 is 1.22 bits per heavy atom. The number of carboxylic acids is 1. The van der Waals surface area contributed by atoms with E-state index < -0.39 is 29.6 Å². The summed E-state index contributed by atoms with van der Waals surface area (Å²) < 4.78 is 29.2. The first kappa shape index (κ1) is 18.9. The van der Waals surface area contributed by atoms with Gasteiger partial charge in [-0.15, -0.1) is 0 Å². The smallest absolute Gasteiger partial charge is 0.326 e. The Morgan fingerprint density at radius 2 is 1.89 bits per heavy atom. The molecule has 27 heavy (non-hydrogen) atoms. The van der Waals surface area contributed by atoms with Gasteiger partial charge in [-0.25, -0.2) is 13.6 Å². The Kier molecular flexibility index (Phi) is 5.18.